The molecule has 3 heterocycles. The summed E-state index contributed by atoms with van der Waals surface area (Å²) >= 11 is 0. The van der Waals surface area contributed by atoms with Gasteiger partial charge in [-0.1, -0.05) is 30.3 Å². The minimum atomic E-state index is -0.143. The van der Waals surface area contributed by atoms with E-state index in [2.05, 4.69) is 40.3 Å². The molecular weight excluding hydrogens is 374 g/mol. The monoisotopic (exact) mass is 401 g/mol. The van der Waals surface area contributed by atoms with Crippen molar-refractivity contribution in [1.82, 2.24) is 14.8 Å². The third-order valence-corrected chi connectivity index (χ3v) is 6.63. The summed E-state index contributed by atoms with van der Waals surface area (Å²) in [7, 11) is 0. The molecule has 2 aliphatic heterocycles. The molecule has 1 aromatic heterocycles. The van der Waals surface area contributed by atoms with Gasteiger partial charge in [0, 0.05) is 23.6 Å². The van der Waals surface area contributed by atoms with Gasteiger partial charge in [-0.2, -0.15) is 0 Å². The predicted octanol–water partition coefficient (Wildman–Crippen LogP) is 4.42. The summed E-state index contributed by atoms with van der Waals surface area (Å²) in [6, 6.07) is 15.7. The molecule has 0 bridgehead atoms. The molecule has 5 nitrogen and oxygen atoms in total. The van der Waals surface area contributed by atoms with E-state index < -0.39 is 0 Å². The molecule has 0 spiro atoms. The SMILES string of the molecule is O=C1c2ccccc2C(=O)N1CCCCN1CCC(c2c[nH]c3ccccc23)CC1. The molecule has 0 radical (unpaired) electrons. The van der Waals surface area contributed by atoms with Gasteiger partial charge < -0.3 is 9.88 Å². The largest absolute Gasteiger partial charge is 0.361 e. The number of rotatable bonds is 6. The minimum Gasteiger partial charge on any atom is -0.361 e. The second-order valence-corrected chi connectivity index (χ2v) is 8.42. The molecule has 2 aliphatic rings. The van der Waals surface area contributed by atoms with Crippen LogP contribution < -0.4 is 0 Å². The Morgan fingerprint density at radius 2 is 1.47 bits per heavy atom. The molecule has 1 N–H and O–H groups in total. The molecule has 1 fully saturated rings. The Kier molecular flexibility index (Phi) is 5.13. The lowest BCUT2D eigenvalue weighted by Gasteiger charge is -2.32. The maximum atomic E-state index is 12.4. The first-order valence-electron chi connectivity index (χ1n) is 11.0. The van der Waals surface area contributed by atoms with Gasteiger partial charge in [0.2, 0.25) is 0 Å². The topological polar surface area (TPSA) is 56.4 Å². The van der Waals surface area contributed by atoms with E-state index in [-0.39, 0.29) is 11.8 Å². The van der Waals surface area contributed by atoms with Crippen molar-refractivity contribution in [2.24, 2.45) is 0 Å². The number of carbonyl (C=O) groups is 2. The lowest BCUT2D eigenvalue weighted by atomic mass is 9.89. The van der Waals surface area contributed by atoms with Crippen molar-refractivity contribution in [3.63, 3.8) is 0 Å². The number of hydrogen-bond acceptors (Lipinski definition) is 3. The van der Waals surface area contributed by atoms with Crippen LogP contribution in [0.3, 0.4) is 0 Å². The van der Waals surface area contributed by atoms with Crippen molar-refractivity contribution < 1.29 is 9.59 Å². The van der Waals surface area contributed by atoms with E-state index >= 15 is 0 Å². The highest BCUT2D eigenvalue weighted by Gasteiger charge is 2.34. The van der Waals surface area contributed by atoms with Gasteiger partial charge >= 0.3 is 0 Å². The van der Waals surface area contributed by atoms with Crippen molar-refractivity contribution in [2.45, 2.75) is 31.6 Å². The van der Waals surface area contributed by atoms with Crippen molar-refractivity contribution in [1.29, 1.82) is 0 Å². The van der Waals surface area contributed by atoms with Crippen LogP contribution >= 0.6 is 0 Å². The fourth-order valence-electron chi connectivity index (χ4n) is 4.95. The Bertz CT molecular complexity index is 1040. The van der Waals surface area contributed by atoms with Crippen LogP contribution in [-0.4, -0.2) is 52.8 Å². The van der Waals surface area contributed by atoms with Gasteiger partial charge in [0.25, 0.3) is 11.8 Å². The number of imide groups is 1. The standard InChI is InChI=1S/C25H27N3O2/c29-24-20-8-1-2-9-21(20)25(30)28(24)14-6-5-13-27-15-11-18(12-16-27)22-17-26-23-10-4-3-7-19(22)23/h1-4,7-10,17-18,26H,5-6,11-16H2. The van der Waals surface area contributed by atoms with Gasteiger partial charge in [-0.05, 0) is 75.0 Å². The first-order valence-corrected chi connectivity index (χ1v) is 11.0. The molecule has 5 heteroatoms. The van der Waals surface area contributed by atoms with Gasteiger partial charge in [-0.15, -0.1) is 0 Å². The Balaban J connectivity index is 1.08. The summed E-state index contributed by atoms with van der Waals surface area (Å²) in [6.45, 7) is 3.76. The summed E-state index contributed by atoms with van der Waals surface area (Å²) in [6.07, 6.45) is 6.41. The number of likely N-dealkylation sites (tertiary alicyclic amines) is 1. The van der Waals surface area contributed by atoms with Crippen LogP contribution in [0.5, 0.6) is 0 Å². The number of carbonyl (C=O) groups excluding carboxylic acids is 2. The average molecular weight is 402 g/mol. The lowest BCUT2D eigenvalue weighted by molar-refractivity contribution is 0.0649. The molecule has 0 atom stereocenters. The number of hydrogen-bond donors (Lipinski definition) is 1. The number of aromatic nitrogens is 1. The Labute approximate surface area is 176 Å². The lowest BCUT2D eigenvalue weighted by Crippen LogP contribution is -2.34. The molecule has 2 amide bonds. The Morgan fingerprint density at radius 3 is 2.20 bits per heavy atom. The van der Waals surface area contributed by atoms with Gasteiger partial charge in [-0.3, -0.25) is 14.5 Å². The maximum Gasteiger partial charge on any atom is 0.261 e. The number of piperidine rings is 1. The van der Waals surface area contributed by atoms with Crippen molar-refractivity contribution in [3.8, 4) is 0 Å². The van der Waals surface area contributed by atoms with Gasteiger partial charge in [0.1, 0.15) is 0 Å². The van der Waals surface area contributed by atoms with E-state index in [0.717, 1.165) is 32.5 Å². The number of unbranched alkanes of at least 4 members (excludes halogenated alkanes) is 1. The second kappa shape index (κ2) is 8.07. The summed E-state index contributed by atoms with van der Waals surface area (Å²) in [5.41, 5.74) is 3.77. The van der Waals surface area contributed by atoms with Crippen LogP contribution in [0.1, 0.15) is 57.9 Å². The summed E-state index contributed by atoms with van der Waals surface area (Å²) in [4.78, 5) is 32.2. The van der Waals surface area contributed by atoms with Crippen molar-refractivity contribution in [2.75, 3.05) is 26.2 Å². The Hall–Kier alpha value is -2.92. The van der Waals surface area contributed by atoms with Crippen LogP contribution in [0.2, 0.25) is 0 Å². The molecule has 5 rings (SSSR count). The summed E-state index contributed by atoms with van der Waals surface area (Å²) in [5, 5.41) is 1.36. The van der Waals surface area contributed by atoms with Gasteiger partial charge in [-0.25, -0.2) is 0 Å². The van der Waals surface area contributed by atoms with Crippen LogP contribution in [-0.2, 0) is 0 Å². The van der Waals surface area contributed by atoms with E-state index in [9.17, 15) is 9.59 Å². The zero-order valence-corrected chi connectivity index (χ0v) is 17.1. The smallest absolute Gasteiger partial charge is 0.261 e. The number of benzene rings is 2. The molecule has 0 unspecified atom stereocenters. The highest BCUT2D eigenvalue weighted by atomic mass is 16.2. The van der Waals surface area contributed by atoms with Gasteiger partial charge in [0.05, 0.1) is 11.1 Å². The fraction of sp³-hybridized carbons (Fsp3) is 0.360. The molecule has 30 heavy (non-hydrogen) atoms. The van der Waals surface area contributed by atoms with Crippen molar-refractivity contribution >= 4 is 22.7 Å². The molecule has 154 valence electrons. The third kappa shape index (κ3) is 3.43. The minimum absolute atomic E-state index is 0.143. The van der Waals surface area contributed by atoms with Crippen LogP contribution in [0, 0.1) is 0 Å². The zero-order chi connectivity index (χ0) is 20.5. The quantitative estimate of drug-likeness (QED) is 0.491. The van der Waals surface area contributed by atoms with Crippen LogP contribution in [0.15, 0.2) is 54.7 Å². The number of H-pyrrole nitrogens is 1. The molecule has 1 saturated heterocycles. The van der Waals surface area contributed by atoms with E-state index in [4.69, 9.17) is 0 Å². The van der Waals surface area contributed by atoms with Crippen LogP contribution in [0.25, 0.3) is 10.9 Å². The second-order valence-electron chi connectivity index (χ2n) is 8.42. The molecule has 0 aliphatic carbocycles. The van der Waals surface area contributed by atoms with E-state index in [1.165, 1.54) is 34.2 Å². The summed E-state index contributed by atoms with van der Waals surface area (Å²) < 4.78 is 0. The Morgan fingerprint density at radius 1 is 0.833 bits per heavy atom. The predicted molar refractivity (Wildman–Crippen MR) is 118 cm³/mol. The van der Waals surface area contributed by atoms with E-state index in [1.807, 2.05) is 12.1 Å². The molecular formula is C25H27N3O2. The highest BCUT2D eigenvalue weighted by Crippen LogP contribution is 2.33. The number of aromatic amines is 1. The molecule has 2 aromatic carbocycles. The molecule has 3 aromatic rings. The molecule has 0 saturated carbocycles. The van der Waals surface area contributed by atoms with E-state index in [0.29, 0.717) is 23.6 Å². The maximum absolute atomic E-state index is 12.4. The van der Waals surface area contributed by atoms with E-state index in [1.54, 1.807) is 12.1 Å². The van der Waals surface area contributed by atoms with Crippen molar-refractivity contribution in [3.05, 3.63) is 71.4 Å². The fourth-order valence-corrected chi connectivity index (χ4v) is 4.95. The number of para-hydroxylation sites is 1. The number of nitrogens with zero attached hydrogens (tertiary/aromatic N) is 2. The number of nitrogens with one attached hydrogen (secondary N) is 1. The highest BCUT2D eigenvalue weighted by molar-refractivity contribution is 6.21. The third-order valence-electron chi connectivity index (χ3n) is 6.63. The number of fused-ring (bicyclic) bond motifs is 2. The first kappa shape index (κ1) is 19.1. The average Bonchev–Trinajstić information content (AvgIpc) is 3.32. The number of amides is 2. The van der Waals surface area contributed by atoms with Crippen LogP contribution in [0.4, 0.5) is 0 Å². The first-order chi connectivity index (χ1) is 14.7. The normalized spacial score (nSPS) is 17.8. The zero-order valence-electron chi connectivity index (χ0n) is 17.1. The van der Waals surface area contributed by atoms with Gasteiger partial charge in [0.15, 0.2) is 0 Å². The summed E-state index contributed by atoms with van der Waals surface area (Å²) in [5.74, 6) is 0.334.